The van der Waals surface area contributed by atoms with Crippen LogP contribution in [0.2, 0.25) is 0 Å². The summed E-state index contributed by atoms with van der Waals surface area (Å²) in [5.74, 6) is -0.541. The lowest BCUT2D eigenvalue weighted by Crippen LogP contribution is -2.29. The minimum absolute atomic E-state index is 0.121. The molecule has 9 nitrogen and oxygen atoms in total. The van der Waals surface area contributed by atoms with Crippen LogP contribution in [-0.2, 0) is 9.59 Å². The molecule has 37 heavy (non-hydrogen) atoms. The van der Waals surface area contributed by atoms with Crippen LogP contribution in [0.15, 0.2) is 78.4 Å². The van der Waals surface area contributed by atoms with Gasteiger partial charge < -0.3 is 14.6 Å². The molecule has 1 aliphatic heterocycles. The SMILES string of the molecule is COc1ccc(C2/C(=C(/O)c3ccc([N+](=O)[O-])cc3)C(=O)C(=O)N2c2ccc(OCC(C)C)cc2)cc1. The number of aliphatic hydroxyl groups excluding tert-OH is 1. The van der Waals surface area contributed by atoms with Gasteiger partial charge in [0, 0.05) is 23.4 Å². The van der Waals surface area contributed by atoms with Gasteiger partial charge in [0.25, 0.3) is 17.4 Å². The van der Waals surface area contributed by atoms with Crippen molar-refractivity contribution in [2.45, 2.75) is 19.9 Å². The van der Waals surface area contributed by atoms with Crippen LogP contribution in [0.5, 0.6) is 11.5 Å². The quantitative estimate of drug-likeness (QED) is 0.147. The van der Waals surface area contributed by atoms with E-state index in [1.165, 1.54) is 36.3 Å². The van der Waals surface area contributed by atoms with Crippen LogP contribution in [-0.4, -0.2) is 35.4 Å². The van der Waals surface area contributed by atoms with Gasteiger partial charge in [-0.25, -0.2) is 0 Å². The van der Waals surface area contributed by atoms with Gasteiger partial charge in [-0.05, 0) is 60.0 Å². The standard InChI is InChI=1S/C28H26N2O7/c1-17(2)16-37-23-14-10-20(11-15-23)29-25(18-6-12-22(36-3)13-7-18)24(27(32)28(29)33)26(31)19-4-8-21(9-5-19)30(34)35/h4-15,17,25,31H,16H2,1-3H3/b26-24-. The summed E-state index contributed by atoms with van der Waals surface area (Å²) in [4.78, 5) is 38.3. The summed E-state index contributed by atoms with van der Waals surface area (Å²) in [6.45, 7) is 4.60. The van der Waals surface area contributed by atoms with Gasteiger partial charge in [-0.1, -0.05) is 26.0 Å². The van der Waals surface area contributed by atoms with Gasteiger partial charge in [-0.15, -0.1) is 0 Å². The number of ketones is 1. The fraction of sp³-hybridized carbons (Fsp3) is 0.214. The largest absolute Gasteiger partial charge is 0.507 e. The van der Waals surface area contributed by atoms with E-state index in [2.05, 4.69) is 0 Å². The van der Waals surface area contributed by atoms with Crippen molar-refractivity contribution in [2.24, 2.45) is 5.92 Å². The number of rotatable bonds is 8. The summed E-state index contributed by atoms with van der Waals surface area (Å²) in [5, 5.41) is 22.2. The number of Topliss-reactive ketones (excluding diaryl/α,β-unsaturated/α-hetero) is 1. The molecule has 1 unspecified atom stereocenters. The highest BCUT2D eigenvalue weighted by molar-refractivity contribution is 6.51. The number of carbonyl (C=O) groups is 2. The third-order valence-corrected chi connectivity index (χ3v) is 5.93. The summed E-state index contributed by atoms with van der Waals surface area (Å²) in [7, 11) is 1.53. The molecular formula is C28H26N2O7. The molecule has 1 amide bonds. The number of benzene rings is 3. The van der Waals surface area contributed by atoms with E-state index in [1.807, 2.05) is 13.8 Å². The van der Waals surface area contributed by atoms with Gasteiger partial charge in [-0.2, -0.15) is 0 Å². The lowest BCUT2D eigenvalue weighted by atomic mass is 9.95. The summed E-state index contributed by atoms with van der Waals surface area (Å²) in [6.07, 6.45) is 0. The maximum Gasteiger partial charge on any atom is 0.300 e. The molecule has 3 aromatic carbocycles. The summed E-state index contributed by atoms with van der Waals surface area (Å²) >= 11 is 0. The Morgan fingerprint density at radius 2 is 1.57 bits per heavy atom. The number of nitro groups is 1. The Morgan fingerprint density at radius 1 is 0.973 bits per heavy atom. The first-order valence-electron chi connectivity index (χ1n) is 11.6. The normalized spacial score (nSPS) is 16.8. The first-order valence-corrected chi connectivity index (χ1v) is 11.6. The average molecular weight is 503 g/mol. The van der Waals surface area contributed by atoms with E-state index >= 15 is 0 Å². The van der Waals surface area contributed by atoms with Gasteiger partial charge in [-0.3, -0.25) is 24.6 Å². The topological polar surface area (TPSA) is 119 Å². The van der Waals surface area contributed by atoms with Gasteiger partial charge in [0.1, 0.15) is 17.3 Å². The maximum absolute atomic E-state index is 13.3. The smallest absolute Gasteiger partial charge is 0.300 e. The summed E-state index contributed by atoms with van der Waals surface area (Å²) in [5.41, 5.74) is 0.915. The number of hydrogen-bond acceptors (Lipinski definition) is 7. The van der Waals surface area contributed by atoms with Gasteiger partial charge in [0.15, 0.2) is 0 Å². The molecule has 1 heterocycles. The van der Waals surface area contributed by atoms with E-state index in [-0.39, 0.29) is 16.8 Å². The van der Waals surface area contributed by atoms with Crippen LogP contribution < -0.4 is 14.4 Å². The van der Waals surface area contributed by atoms with Crippen molar-refractivity contribution in [3.8, 4) is 11.5 Å². The molecule has 1 N–H and O–H groups in total. The second-order valence-corrected chi connectivity index (χ2v) is 8.94. The zero-order valence-electron chi connectivity index (χ0n) is 20.6. The van der Waals surface area contributed by atoms with Crippen molar-refractivity contribution in [1.29, 1.82) is 0 Å². The van der Waals surface area contributed by atoms with Gasteiger partial charge in [0.2, 0.25) is 0 Å². The lowest BCUT2D eigenvalue weighted by molar-refractivity contribution is -0.384. The van der Waals surface area contributed by atoms with E-state index in [9.17, 15) is 24.8 Å². The molecule has 1 saturated heterocycles. The zero-order chi connectivity index (χ0) is 26.7. The maximum atomic E-state index is 13.3. The molecule has 0 radical (unpaired) electrons. The van der Waals surface area contributed by atoms with E-state index < -0.39 is 28.4 Å². The number of nitrogens with zero attached hydrogens (tertiary/aromatic N) is 2. The molecule has 0 aliphatic carbocycles. The minimum Gasteiger partial charge on any atom is -0.507 e. The van der Waals surface area contributed by atoms with Crippen molar-refractivity contribution >= 4 is 28.8 Å². The molecule has 9 heteroatoms. The fourth-order valence-corrected chi connectivity index (χ4v) is 4.06. The van der Waals surface area contributed by atoms with Crippen LogP contribution in [0.4, 0.5) is 11.4 Å². The molecule has 0 saturated carbocycles. The highest BCUT2D eigenvalue weighted by atomic mass is 16.6. The van der Waals surface area contributed by atoms with E-state index in [1.54, 1.807) is 48.5 Å². The number of hydrogen-bond donors (Lipinski definition) is 1. The van der Waals surface area contributed by atoms with Gasteiger partial charge >= 0.3 is 0 Å². The highest BCUT2D eigenvalue weighted by Gasteiger charge is 2.47. The number of amides is 1. The number of anilines is 1. The minimum atomic E-state index is -0.941. The molecule has 190 valence electrons. The van der Waals surface area contributed by atoms with Crippen molar-refractivity contribution in [1.82, 2.24) is 0 Å². The predicted octanol–water partition coefficient (Wildman–Crippen LogP) is 5.26. The highest BCUT2D eigenvalue weighted by Crippen LogP contribution is 2.43. The van der Waals surface area contributed by atoms with E-state index in [0.717, 1.165) is 0 Å². The summed E-state index contributed by atoms with van der Waals surface area (Å²) < 4.78 is 11.0. The van der Waals surface area contributed by atoms with Crippen molar-refractivity contribution in [2.75, 3.05) is 18.6 Å². The Morgan fingerprint density at radius 3 is 2.11 bits per heavy atom. The average Bonchev–Trinajstić information content (AvgIpc) is 3.17. The summed E-state index contributed by atoms with van der Waals surface area (Å²) in [6, 6.07) is 17.8. The monoisotopic (exact) mass is 502 g/mol. The number of aliphatic hydroxyl groups is 1. The Balaban J connectivity index is 1.81. The van der Waals surface area contributed by atoms with Crippen LogP contribution in [0.1, 0.15) is 31.0 Å². The van der Waals surface area contributed by atoms with Crippen molar-refractivity contribution in [3.63, 3.8) is 0 Å². The number of methoxy groups -OCH3 is 1. The number of ether oxygens (including phenoxy) is 2. The van der Waals surface area contributed by atoms with Gasteiger partial charge in [0.05, 0.1) is 30.3 Å². The Kier molecular flexibility index (Phi) is 7.24. The third-order valence-electron chi connectivity index (χ3n) is 5.93. The Hall–Kier alpha value is -4.66. The van der Waals surface area contributed by atoms with E-state index in [0.29, 0.717) is 35.3 Å². The predicted molar refractivity (Wildman–Crippen MR) is 138 cm³/mol. The van der Waals surface area contributed by atoms with E-state index in [4.69, 9.17) is 9.47 Å². The van der Waals surface area contributed by atoms with Crippen LogP contribution >= 0.6 is 0 Å². The first-order chi connectivity index (χ1) is 17.7. The molecule has 0 spiro atoms. The Labute approximate surface area is 213 Å². The molecule has 4 rings (SSSR count). The third kappa shape index (κ3) is 5.16. The number of carbonyl (C=O) groups excluding carboxylic acids is 2. The van der Waals surface area contributed by atoms with Crippen molar-refractivity contribution < 1.29 is 29.1 Å². The van der Waals surface area contributed by atoms with Crippen LogP contribution in [0.25, 0.3) is 5.76 Å². The molecule has 0 bridgehead atoms. The number of nitro benzene ring substituents is 1. The zero-order valence-corrected chi connectivity index (χ0v) is 20.6. The first kappa shape index (κ1) is 25.4. The molecule has 0 aromatic heterocycles. The molecule has 3 aromatic rings. The number of non-ortho nitro benzene ring substituents is 1. The lowest BCUT2D eigenvalue weighted by Gasteiger charge is -2.25. The Bertz CT molecular complexity index is 1340. The van der Waals surface area contributed by atoms with Crippen LogP contribution in [0.3, 0.4) is 0 Å². The second-order valence-electron chi connectivity index (χ2n) is 8.94. The molecule has 1 aliphatic rings. The second kappa shape index (κ2) is 10.5. The fourth-order valence-electron chi connectivity index (χ4n) is 4.06. The molecule has 1 atom stereocenters. The van der Waals surface area contributed by atoms with Crippen LogP contribution in [0, 0.1) is 16.0 Å². The van der Waals surface area contributed by atoms with Crippen molar-refractivity contribution in [3.05, 3.63) is 99.6 Å². The molecular weight excluding hydrogens is 476 g/mol. The molecule has 1 fully saturated rings.